The number of hydrogen-bond donors (Lipinski definition) is 2. The topological polar surface area (TPSA) is 78.9 Å². The number of hydrogen-bond acceptors (Lipinski definition) is 3. The molecule has 6 nitrogen and oxygen atoms in total. The van der Waals surface area contributed by atoms with Crippen LogP contribution in [0.3, 0.4) is 0 Å². The van der Waals surface area contributed by atoms with E-state index in [1.807, 2.05) is 24.3 Å². The summed E-state index contributed by atoms with van der Waals surface area (Å²) in [6.45, 7) is 1.04. The second kappa shape index (κ2) is 5.63. The number of fused-ring (bicyclic) bond motifs is 1. The van der Waals surface area contributed by atoms with Gasteiger partial charge in [0.1, 0.15) is 11.8 Å². The molecular formula is C15H18N2O4. The molecule has 2 atom stereocenters. The Kier molecular flexibility index (Phi) is 3.68. The van der Waals surface area contributed by atoms with Crippen molar-refractivity contribution >= 4 is 12.0 Å². The summed E-state index contributed by atoms with van der Waals surface area (Å²) in [5.41, 5.74) is 0.947. The van der Waals surface area contributed by atoms with Gasteiger partial charge in [-0.3, -0.25) is 0 Å². The molecule has 112 valence electrons. The van der Waals surface area contributed by atoms with Crippen LogP contribution in [0.25, 0.3) is 0 Å². The lowest BCUT2D eigenvalue weighted by Crippen LogP contribution is -2.47. The average Bonchev–Trinajstić information content (AvgIpc) is 2.97. The molecule has 0 aromatic heterocycles. The van der Waals surface area contributed by atoms with Crippen molar-refractivity contribution in [2.24, 2.45) is 0 Å². The molecule has 3 rings (SSSR count). The fraction of sp³-hybridized carbons (Fsp3) is 0.467. The molecule has 1 fully saturated rings. The van der Waals surface area contributed by atoms with E-state index in [0.29, 0.717) is 26.0 Å². The zero-order valence-corrected chi connectivity index (χ0v) is 11.6. The van der Waals surface area contributed by atoms with Gasteiger partial charge in [-0.25, -0.2) is 9.59 Å². The summed E-state index contributed by atoms with van der Waals surface area (Å²) in [6, 6.07) is 6.47. The number of carboxylic acids is 1. The number of carbonyl (C=O) groups is 2. The Balaban J connectivity index is 1.73. The lowest BCUT2D eigenvalue weighted by Gasteiger charge is -2.29. The number of benzene rings is 1. The van der Waals surface area contributed by atoms with Gasteiger partial charge in [0, 0.05) is 18.5 Å². The minimum atomic E-state index is -0.935. The molecule has 1 aromatic carbocycles. The van der Waals surface area contributed by atoms with Gasteiger partial charge in [-0.1, -0.05) is 18.2 Å². The van der Waals surface area contributed by atoms with Crippen molar-refractivity contribution in [3.05, 3.63) is 29.8 Å². The number of ether oxygens (including phenoxy) is 1. The molecule has 1 saturated heterocycles. The molecule has 2 N–H and O–H groups in total. The number of nitrogens with one attached hydrogen (secondary N) is 1. The smallest absolute Gasteiger partial charge is 0.326 e. The van der Waals surface area contributed by atoms with Gasteiger partial charge in [-0.05, 0) is 18.9 Å². The normalized spacial score (nSPS) is 24.1. The van der Waals surface area contributed by atoms with Gasteiger partial charge in [-0.2, -0.15) is 0 Å². The van der Waals surface area contributed by atoms with E-state index in [1.165, 1.54) is 4.90 Å². The highest BCUT2D eigenvalue weighted by Crippen LogP contribution is 2.32. The summed E-state index contributed by atoms with van der Waals surface area (Å²) in [7, 11) is 0. The van der Waals surface area contributed by atoms with Crippen LogP contribution in [0.4, 0.5) is 4.79 Å². The van der Waals surface area contributed by atoms with Gasteiger partial charge in [-0.15, -0.1) is 0 Å². The number of likely N-dealkylation sites (tertiary alicyclic amines) is 1. The van der Waals surface area contributed by atoms with E-state index >= 15 is 0 Å². The Labute approximate surface area is 122 Å². The minimum Gasteiger partial charge on any atom is -0.493 e. The maximum absolute atomic E-state index is 12.3. The van der Waals surface area contributed by atoms with E-state index in [4.69, 9.17) is 9.84 Å². The average molecular weight is 290 g/mol. The van der Waals surface area contributed by atoms with Crippen molar-refractivity contribution in [1.29, 1.82) is 0 Å². The highest BCUT2D eigenvalue weighted by Gasteiger charge is 2.35. The quantitative estimate of drug-likeness (QED) is 0.870. The van der Waals surface area contributed by atoms with E-state index < -0.39 is 12.0 Å². The molecule has 0 radical (unpaired) electrons. The molecule has 0 spiro atoms. The molecule has 1 aromatic rings. The first-order valence-electron chi connectivity index (χ1n) is 7.18. The summed E-state index contributed by atoms with van der Waals surface area (Å²) >= 11 is 0. The molecular weight excluding hydrogens is 272 g/mol. The van der Waals surface area contributed by atoms with Crippen LogP contribution in [0, 0.1) is 0 Å². The van der Waals surface area contributed by atoms with E-state index in [-0.39, 0.29) is 12.1 Å². The number of nitrogens with zero attached hydrogens (tertiary/aromatic N) is 1. The molecule has 0 aliphatic carbocycles. The van der Waals surface area contributed by atoms with Gasteiger partial charge in [0.05, 0.1) is 12.6 Å². The van der Waals surface area contributed by atoms with Crippen molar-refractivity contribution < 1.29 is 19.4 Å². The Hall–Kier alpha value is -2.24. The largest absolute Gasteiger partial charge is 0.493 e. The summed E-state index contributed by atoms with van der Waals surface area (Å²) in [5.74, 6) is -0.153. The van der Waals surface area contributed by atoms with Crippen LogP contribution in [-0.2, 0) is 4.79 Å². The SMILES string of the molecule is O=C(O)[C@H]1CCCN1C(=O)NC1CCOc2ccccc21. The number of para-hydroxylation sites is 1. The van der Waals surface area contributed by atoms with Crippen LogP contribution < -0.4 is 10.1 Å². The Bertz CT molecular complexity index is 560. The molecule has 2 amide bonds. The first kappa shape index (κ1) is 13.7. The molecule has 2 heterocycles. The van der Waals surface area contributed by atoms with Crippen LogP contribution in [0.5, 0.6) is 5.75 Å². The summed E-state index contributed by atoms with van der Waals surface area (Å²) < 4.78 is 5.56. The molecule has 0 saturated carbocycles. The van der Waals surface area contributed by atoms with Crippen LogP contribution in [0.1, 0.15) is 30.9 Å². The van der Waals surface area contributed by atoms with Crippen molar-refractivity contribution in [3.8, 4) is 5.75 Å². The Morgan fingerprint density at radius 3 is 2.90 bits per heavy atom. The summed E-state index contributed by atoms with van der Waals surface area (Å²) in [4.78, 5) is 24.9. The number of rotatable bonds is 2. The van der Waals surface area contributed by atoms with E-state index in [2.05, 4.69) is 5.32 Å². The van der Waals surface area contributed by atoms with E-state index in [1.54, 1.807) is 0 Å². The molecule has 21 heavy (non-hydrogen) atoms. The van der Waals surface area contributed by atoms with Crippen molar-refractivity contribution in [3.63, 3.8) is 0 Å². The second-order valence-electron chi connectivity index (χ2n) is 5.37. The molecule has 6 heteroatoms. The van der Waals surface area contributed by atoms with Crippen molar-refractivity contribution in [2.75, 3.05) is 13.2 Å². The van der Waals surface area contributed by atoms with E-state index in [0.717, 1.165) is 17.7 Å². The van der Waals surface area contributed by atoms with Gasteiger partial charge in [0.25, 0.3) is 0 Å². The molecule has 0 bridgehead atoms. The third-order valence-electron chi connectivity index (χ3n) is 4.05. The molecule has 2 aliphatic heterocycles. The summed E-state index contributed by atoms with van der Waals surface area (Å²) in [5, 5.41) is 12.1. The first-order valence-corrected chi connectivity index (χ1v) is 7.18. The number of aliphatic carboxylic acids is 1. The van der Waals surface area contributed by atoms with Crippen LogP contribution in [0.15, 0.2) is 24.3 Å². The fourth-order valence-corrected chi connectivity index (χ4v) is 2.99. The zero-order valence-electron chi connectivity index (χ0n) is 11.6. The Morgan fingerprint density at radius 1 is 1.29 bits per heavy atom. The zero-order chi connectivity index (χ0) is 14.8. The maximum atomic E-state index is 12.3. The monoisotopic (exact) mass is 290 g/mol. The molecule has 1 unspecified atom stereocenters. The van der Waals surface area contributed by atoms with Crippen LogP contribution >= 0.6 is 0 Å². The maximum Gasteiger partial charge on any atom is 0.326 e. The fourth-order valence-electron chi connectivity index (χ4n) is 2.99. The highest BCUT2D eigenvalue weighted by atomic mass is 16.5. The number of amides is 2. The van der Waals surface area contributed by atoms with Crippen molar-refractivity contribution in [1.82, 2.24) is 10.2 Å². The van der Waals surface area contributed by atoms with Crippen molar-refractivity contribution in [2.45, 2.75) is 31.3 Å². The number of carboxylic acid groups (broad SMARTS) is 1. The third-order valence-corrected chi connectivity index (χ3v) is 4.05. The number of carbonyl (C=O) groups excluding carboxylic acids is 1. The van der Waals surface area contributed by atoms with Crippen LogP contribution in [-0.4, -0.2) is 41.2 Å². The predicted octanol–water partition coefficient (Wildman–Crippen LogP) is 1.77. The van der Waals surface area contributed by atoms with Gasteiger partial charge >= 0.3 is 12.0 Å². The summed E-state index contributed by atoms with van der Waals surface area (Å²) in [6.07, 6.45) is 1.94. The number of urea groups is 1. The first-order chi connectivity index (χ1) is 10.2. The van der Waals surface area contributed by atoms with Gasteiger partial charge < -0.3 is 20.1 Å². The van der Waals surface area contributed by atoms with Crippen LogP contribution in [0.2, 0.25) is 0 Å². The minimum absolute atomic E-state index is 0.127. The lowest BCUT2D eigenvalue weighted by molar-refractivity contribution is -0.141. The lowest BCUT2D eigenvalue weighted by atomic mass is 10.0. The second-order valence-corrected chi connectivity index (χ2v) is 5.37. The standard InChI is InChI=1S/C15H18N2O4/c18-14(19)12-5-3-8-17(12)15(20)16-11-7-9-21-13-6-2-1-4-10(11)13/h1-2,4,6,11-12H,3,5,7-9H2,(H,16,20)(H,18,19)/t11?,12-/m1/s1. The highest BCUT2D eigenvalue weighted by molar-refractivity contribution is 5.83. The molecule has 2 aliphatic rings. The van der Waals surface area contributed by atoms with Gasteiger partial charge in [0.2, 0.25) is 0 Å². The van der Waals surface area contributed by atoms with Gasteiger partial charge in [0.15, 0.2) is 0 Å². The predicted molar refractivity (Wildman–Crippen MR) is 75.2 cm³/mol. The Morgan fingerprint density at radius 2 is 2.10 bits per heavy atom. The van der Waals surface area contributed by atoms with E-state index in [9.17, 15) is 9.59 Å². The third kappa shape index (κ3) is 2.66.